The molecule has 5 rings (SSSR count). The van der Waals surface area contributed by atoms with Crippen LogP contribution >= 0.6 is 0 Å². The molecular weight excluding hydrogens is 418 g/mol. The number of pyridine rings is 1. The van der Waals surface area contributed by atoms with Crippen LogP contribution < -0.4 is 26.4 Å². The zero-order chi connectivity index (χ0) is 22.8. The van der Waals surface area contributed by atoms with Gasteiger partial charge in [0.15, 0.2) is 0 Å². The molecule has 0 saturated carbocycles. The molecule has 1 amide bonds. The van der Waals surface area contributed by atoms with Gasteiger partial charge in [0.25, 0.3) is 5.56 Å². The molecule has 0 aliphatic carbocycles. The first-order valence-corrected chi connectivity index (χ1v) is 11.6. The van der Waals surface area contributed by atoms with Gasteiger partial charge >= 0.3 is 0 Å². The molecule has 2 fully saturated rings. The number of nitrogens with one attached hydrogen (secondary N) is 4. The fourth-order valence-corrected chi connectivity index (χ4v) is 4.68. The van der Waals surface area contributed by atoms with Gasteiger partial charge < -0.3 is 20.9 Å². The fourth-order valence-electron chi connectivity index (χ4n) is 4.68. The summed E-state index contributed by atoms with van der Waals surface area (Å²) < 4.78 is 0. The van der Waals surface area contributed by atoms with Crippen LogP contribution in [-0.4, -0.2) is 59.1 Å². The van der Waals surface area contributed by atoms with E-state index in [9.17, 15) is 9.59 Å². The summed E-state index contributed by atoms with van der Waals surface area (Å²) in [7, 11) is 0. The third-order valence-corrected chi connectivity index (χ3v) is 6.29. The molecule has 2 saturated heterocycles. The Morgan fingerprint density at radius 2 is 2.00 bits per heavy atom. The van der Waals surface area contributed by atoms with E-state index in [4.69, 9.17) is 9.97 Å². The second-order valence-corrected chi connectivity index (χ2v) is 8.82. The van der Waals surface area contributed by atoms with E-state index in [1.807, 2.05) is 41.3 Å². The van der Waals surface area contributed by atoms with Crippen molar-refractivity contribution in [3.63, 3.8) is 0 Å². The molecule has 2 aliphatic heterocycles. The SMILES string of the molecule is CC(=O)NC1CCN(c2nc(NC3CCCNC3)c(-c3ccc4ccccc4n3)c(=O)[nH]2)C1. The standard InChI is InChI=1S/C24H29N7O2/c1-15(32)26-18-10-12-31(14-18)24-29-22(27-17-6-4-11-25-13-17)21(23(33)30-24)20-9-8-16-5-2-3-7-19(16)28-20/h2-3,5,7-9,17-18,25H,4,6,10-14H2,1H3,(H,26,32)(H2,27,29,30,33). The highest BCUT2D eigenvalue weighted by atomic mass is 16.1. The van der Waals surface area contributed by atoms with Crippen molar-refractivity contribution in [1.82, 2.24) is 25.6 Å². The van der Waals surface area contributed by atoms with Gasteiger partial charge in [0.05, 0.1) is 11.2 Å². The molecule has 3 aromatic rings. The molecule has 0 bridgehead atoms. The number of aromatic amines is 1. The molecule has 2 aromatic heterocycles. The molecule has 4 heterocycles. The molecule has 9 heteroatoms. The van der Waals surface area contributed by atoms with Gasteiger partial charge in [-0.05, 0) is 37.9 Å². The van der Waals surface area contributed by atoms with Crippen molar-refractivity contribution in [3.05, 3.63) is 46.8 Å². The van der Waals surface area contributed by atoms with E-state index in [2.05, 4.69) is 20.9 Å². The third kappa shape index (κ3) is 4.68. The number of carbonyl (C=O) groups is 1. The first-order valence-electron chi connectivity index (χ1n) is 11.6. The first kappa shape index (κ1) is 21.4. The van der Waals surface area contributed by atoms with Crippen LogP contribution in [0, 0.1) is 0 Å². The molecule has 33 heavy (non-hydrogen) atoms. The maximum atomic E-state index is 13.4. The number of amides is 1. The summed E-state index contributed by atoms with van der Waals surface area (Å²) >= 11 is 0. The van der Waals surface area contributed by atoms with Crippen LogP contribution in [0.4, 0.5) is 11.8 Å². The molecule has 0 spiro atoms. The van der Waals surface area contributed by atoms with Gasteiger partial charge in [-0.2, -0.15) is 4.98 Å². The van der Waals surface area contributed by atoms with Crippen LogP contribution in [0.2, 0.25) is 0 Å². The normalized spacial score (nSPS) is 20.7. The molecule has 1 aromatic carbocycles. The smallest absolute Gasteiger partial charge is 0.263 e. The van der Waals surface area contributed by atoms with Gasteiger partial charge in [0.1, 0.15) is 11.4 Å². The number of nitrogens with zero attached hydrogens (tertiary/aromatic N) is 3. The Hall–Kier alpha value is -3.46. The number of hydrogen-bond donors (Lipinski definition) is 4. The molecule has 9 nitrogen and oxygen atoms in total. The fraction of sp³-hybridized carbons (Fsp3) is 0.417. The predicted molar refractivity (Wildman–Crippen MR) is 130 cm³/mol. The third-order valence-electron chi connectivity index (χ3n) is 6.29. The molecule has 2 atom stereocenters. The second-order valence-electron chi connectivity index (χ2n) is 8.82. The van der Waals surface area contributed by atoms with Crippen LogP contribution in [0.25, 0.3) is 22.2 Å². The average Bonchev–Trinajstić information content (AvgIpc) is 3.27. The van der Waals surface area contributed by atoms with Gasteiger partial charge in [0, 0.05) is 44.0 Å². The zero-order valence-electron chi connectivity index (χ0n) is 18.7. The molecule has 2 aliphatic rings. The number of para-hydroxylation sites is 1. The quantitative estimate of drug-likeness (QED) is 0.472. The van der Waals surface area contributed by atoms with Gasteiger partial charge in [-0.25, -0.2) is 4.98 Å². The number of aromatic nitrogens is 3. The Morgan fingerprint density at radius 1 is 1.12 bits per heavy atom. The van der Waals surface area contributed by atoms with E-state index in [1.165, 1.54) is 6.92 Å². The highest BCUT2D eigenvalue weighted by molar-refractivity contribution is 5.83. The maximum absolute atomic E-state index is 13.4. The van der Waals surface area contributed by atoms with E-state index in [1.54, 1.807) is 0 Å². The van der Waals surface area contributed by atoms with Gasteiger partial charge in [-0.15, -0.1) is 0 Å². The van der Waals surface area contributed by atoms with Crippen LogP contribution in [0.3, 0.4) is 0 Å². The van der Waals surface area contributed by atoms with Crippen molar-refractivity contribution in [3.8, 4) is 11.3 Å². The molecule has 4 N–H and O–H groups in total. The molecule has 0 radical (unpaired) electrons. The number of anilines is 2. The van der Waals surface area contributed by atoms with Crippen molar-refractivity contribution in [1.29, 1.82) is 0 Å². The number of rotatable bonds is 5. The largest absolute Gasteiger partial charge is 0.365 e. The monoisotopic (exact) mass is 447 g/mol. The number of carbonyl (C=O) groups excluding carboxylic acids is 1. The minimum atomic E-state index is -0.225. The summed E-state index contributed by atoms with van der Waals surface area (Å²) in [5.74, 6) is 1.02. The Kier molecular flexibility index (Phi) is 5.95. The molecule has 2 unspecified atom stereocenters. The summed E-state index contributed by atoms with van der Waals surface area (Å²) in [5.41, 5.74) is 1.66. The summed E-state index contributed by atoms with van der Waals surface area (Å²) in [6.07, 6.45) is 2.89. The molecule has 172 valence electrons. The highest BCUT2D eigenvalue weighted by Gasteiger charge is 2.27. The van der Waals surface area contributed by atoms with E-state index < -0.39 is 0 Å². The first-order chi connectivity index (χ1) is 16.1. The van der Waals surface area contributed by atoms with Crippen LogP contribution in [0.15, 0.2) is 41.2 Å². The van der Waals surface area contributed by atoms with Gasteiger partial charge in [0.2, 0.25) is 11.9 Å². The number of H-pyrrole nitrogens is 1. The Morgan fingerprint density at radius 3 is 2.82 bits per heavy atom. The summed E-state index contributed by atoms with van der Waals surface area (Å²) in [4.78, 5) is 39.4. The predicted octanol–water partition coefficient (Wildman–Crippen LogP) is 1.86. The van der Waals surface area contributed by atoms with Crippen molar-refractivity contribution < 1.29 is 4.79 Å². The Bertz CT molecular complexity index is 1220. The minimum Gasteiger partial charge on any atom is -0.365 e. The summed E-state index contributed by atoms with van der Waals surface area (Å²) in [5, 5.41) is 10.9. The van der Waals surface area contributed by atoms with Crippen LogP contribution in [0.5, 0.6) is 0 Å². The Balaban J connectivity index is 1.53. The van der Waals surface area contributed by atoms with Crippen molar-refractivity contribution in [2.24, 2.45) is 0 Å². The van der Waals surface area contributed by atoms with E-state index in [0.29, 0.717) is 36.1 Å². The van der Waals surface area contributed by atoms with E-state index >= 15 is 0 Å². The van der Waals surface area contributed by atoms with Crippen molar-refractivity contribution in [2.75, 3.05) is 36.4 Å². The van der Waals surface area contributed by atoms with Gasteiger partial charge in [-0.3, -0.25) is 14.6 Å². The summed E-state index contributed by atoms with van der Waals surface area (Å²) in [6.45, 7) is 4.67. The maximum Gasteiger partial charge on any atom is 0.263 e. The van der Waals surface area contributed by atoms with Crippen molar-refractivity contribution >= 4 is 28.6 Å². The number of benzene rings is 1. The minimum absolute atomic E-state index is 0.0480. The number of fused-ring (bicyclic) bond motifs is 1. The lowest BCUT2D eigenvalue weighted by molar-refractivity contribution is -0.119. The lowest BCUT2D eigenvalue weighted by Gasteiger charge is -2.26. The highest BCUT2D eigenvalue weighted by Crippen LogP contribution is 2.27. The number of piperidine rings is 1. The molecular formula is C24H29N7O2. The van der Waals surface area contributed by atoms with Crippen molar-refractivity contribution in [2.45, 2.75) is 38.3 Å². The van der Waals surface area contributed by atoms with Crippen LogP contribution in [0.1, 0.15) is 26.2 Å². The summed E-state index contributed by atoms with van der Waals surface area (Å²) in [6, 6.07) is 12.0. The zero-order valence-corrected chi connectivity index (χ0v) is 18.7. The van der Waals surface area contributed by atoms with E-state index in [-0.39, 0.29) is 23.6 Å². The lowest BCUT2D eigenvalue weighted by Crippen LogP contribution is -2.39. The second kappa shape index (κ2) is 9.19. The Labute approximate surface area is 192 Å². The average molecular weight is 448 g/mol. The topological polar surface area (TPSA) is 115 Å². The number of hydrogen-bond acceptors (Lipinski definition) is 7. The lowest BCUT2D eigenvalue weighted by atomic mass is 10.1. The van der Waals surface area contributed by atoms with Crippen LogP contribution in [-0.2, 0) is 4.79 Å². The van der Waals surface area contributed by atoms with Gasteiger partial charge in [-0.1, -0.05) is 24.3 Å². The van der Waals surface area contributed by atoms with E-state index in [0.717, 1.165) is 43.3 Å².